The summed E-state index contributed by atoms with van der Waals surface area (Å²) in [5, 5.41) is 7.38. The van der Waals surface area contributed by atoms with E-state index < -0.39 is 0 Å². The van der Waals surface area contributed by atoms with Gasteiger partial charge in [-0.3, -0.25) is 9.69 Å². The standard InChI is InChI=1S/C20H27BrN4O2/c1-14(2)12-24-8-9-27-18(13-24)10-22-20(26)19-11-23-25(15(19)3)17-6-4-16(21)5-7-17/h4-7,11,14,18H,8-10,12-13H2,1-3H3,(H,22,26)/t18-/m1/s1. The summed E-state index contributed by atoms with van der Waals surface area (Å²) in [4.78, 5) is 15.0. The fraction of sp³-hybridized carbons (Fsp3) is 0.500. The molecule has 3 rings (SSSR count). The number of rotatable bonds is 6. The van der Waals surface area contributed by atoms with Gasteiger partial charge >= 0.3 is 0 Å². The molecule has 1 amide bonds. The number of morpholine rings is 1. The highest BCUT2D eigenvalue weighted by atomic mass is 79.9. The zero-order chi connectivity index (χ0) is 19.4. The van der Waals surface area contributed by atoms with Gasteiger partial charge in [0.1, 0.15) is 0 Å². The minimum Gasteiger partial charge on any atom is -0.374 e. The Morgan fingerprint density at radius 1 is 1.37 bits per heavy atom. The first kappa shape index (κ1) is 20.0. The highest BCUT2D eigenvalue weighted by Crippen LogP contribution is 2.17. The lowest BCUT2D eigenvalue weighted by Crippen LogP contribution is -2.48. The largest absolute Gasteiger partial charge is 0.374 e. The van der Waals surface area contributed by atoms with Gasteiger partial charge in [-0.15, -0.1) is 0 Å². The van der Waals surface area contributed by atoms with Crippen molar-refractivity contribution in [3.05, 3.63) is 46.2 Å². The van der Waals surface area contributed by atoms with Gasteiger partial charge in [0.2, 0.25) is 0 Å². The Morgan fingerprint density at radius 2 is 2.11 bits per heavy atom. The van der Waals surface area contributed by atoms with Crippen molar-refractivity contribution < 1.29 is 9.53 Å². The molecule has 1 fully saturated rings. The SMILES string of the molecule is Cc1c(C(=O)NC[C@@H]2CN(CC(C)C)CCO2)cnn1-c1ccc(Br)cc1. The van der Waals surface area contributed by atoms with Crippen molar-refractivity contribution in [2.75, 3.05) is 32.8 Å². The molecule has 7 heteroatoms. The average Bonchev–Trinajstić information content (AvgIpc) is 3.02. The molecular formula is C20H27BrN4O2. The fourth-order valence-electron chi connectivity index (χ4n) is 3.36. The van der Waals surface area contributed by atoms with Gasteiger partial charge < -0.3 is 10.1 Å². The summed E-state index contributed by atoms with van der Waals surface area (Å²) in [5.74, 6) is 0.519. The number of hydrogen-bond donors (Lipinski definition) is 1. The molecule has 1 aromatic carbocycles. The molecule has 2 aromatic rings. The van der Waals surface area contributed by atoms with E-state index in [2.05, 4.69) is 45.1 Å². The van der Waals surface area contributed by atoms with E-state index in [1.54, 1.807) is 10.9 Å². The van der Waals surface area contributed by atoms with E-state index >= 15 is 0 Å². The van der Waals surface area contributed by atoms with Crippen LogP contribution in [0.5, 0.6) is 0 Å². The molecule has 0 unspecified atom stereocenters. The molecule has 1 aliphatic rings. The quantitative estimate of drug-likeness (QED) is 0.758. The van der Waals surface area contributed by atoms with Gasteiger partial charge in [-0.05, 0) is 37.1 Å². The number of nitrogens with zero attached hydrogens (tertiary/aromatic N) is 3. The van der Waals surface area contributed by atoms with E-state index in [0.717, 1.165) is 35.5 Å². The topological polar surface area (TPSA) is 59.4 Å². The maximum absolute atomic E-state index is 12.6. The van der Waals surface area contributed by atoms with E-state index in [4.69, 9.17) is 4.74 Å². The minimum atomic E-state index is -0.111. The van der Waals surface area contributed by atoms with Crippen molar-refractivity contribution in [3.8, 4) is 5.69 Å². The molecule has 146 valence electrons. The second-order valence-electron chi connectivity index (χ2n) is 7.39. The maximum atomic E-state index is 12.6. The first-order valence-corrected chi connectivity index (χ1v) is 10.2. The number of nitrogens with one attached hydrogen (secondary N) is 1. The van der Waals surface area contributed by atoms with Gasteiger partial charge in [0.05, 0.1) is 35.9 Å². The van der Waals surface area contributed by atoms with Crippen molar-refractivity contribution in [2.24, 2.45) is 5.92 Å². The minimum absolute atomic E-state index is 0.0308. The van der Waals surface area contributed by atoms with Crippen LogP contribution in [0.1, 0.15) is 29.9 Å². The van der Waals surface area contributed by atoms with Crippen LogP contribution < -0.4 is 5.32 Å². The summed E-state index contributed by atoms with van der Waals surface area (Å²) in [6, 6.07) is 7.84. The normalized spacial score (nSPS) is 18.0. The van der Waals surface area contributed by atoms with Crippen LogP contribution in [0, 0.1) is 12.8 Å². The number of aromatic nitrogens is 2. The first-order chi connectivity index (χ1) is 12.9. The zero-order valence-corrected chi connectivity index (χ0v) is 17.7. The van der Waals surface area contributed by atoms with Crippen LogP contribution in [0.25, 0.3) is 5.69 Å². The maximum Gasteiger partial charge on any atom is 0.254 e. The Balaban J connectivity index is 1.59. The lowest BCUT2D eigenvalue weighted by molar-refractivity contribution is -0.0295. The molecule has 1 atom stereocenters. The molecule has 0 radical (unpaired) electrons. The van der Waals surface area contributed by atoms with E-state index in [-0.39, 0.29) is 12.0 Å². The zero-order valence-electron chi connectivity index (χ0n) is 16.1. The van der Waals surface area contributed by atoms with Crippen molar-refractivity contribution in [2.45, 2.75) is 26.9 Å². The van der Waals surface area contributed by atoms with Gasteiger partial charge in [0.15, 0.2) is 0 Å². The van der Waals surface area contributed by atoms with Crippen LogP contribution in [0.15, 0.2) is 34.9 Å². The summed E-state index contributed by atoms with van der Waals surface area (Å²) in [6.45, 7) is 10.5. The van der Waals surface area contributed by atoms with Gasteiger partial charge in [-0.2, -0.15) is 5.10 Å². The van der Waals surface area contributed by atoms with E-state index in [1.807, 2.05) is 31.2 Å². The number of hydrogen-bond acceptors (Lipinski definition) is 4. The van der Waals surface area contributed by atoms with Crippen molar-refractivity contribution >= 4 is 21.8 Å². The average molecular weight is 435 g/mol. The Morgan fingerprint density at radius 3 is 2.81 bits per heavy atom. The molecule has 0 aliphatic carbocycles. The Kier molecular flexibility index (Phi) is 6.68. The Labute approximate surface area is 169 Å². The number of carbonyl (C=O) groups excluding carboxylic acids is 1. The molecule has 1 aliphatic heterocycles. The predicted octanol–water partition coefficient (Wildman–Crippen LogP) is 3.03. The second-order valence-corrected chi connectivity index (χ2v) is 8.30. The van der Waals surface area contributed by atoms with E-state index in [1.165, 1.54) is 0 Å². The molecule has 0 saturated carbocycles. The van der Waals surface area contributed by atoms with Crippen LogP contribution in [0.3, 0.4) is 0 Å². The van der Waals surface area contributed by atoms with Gasteiger partial charge in [-0.1, -0.05) is 29.8 Å². The number of halogens is 1. The fourth-order valence-corrected chi connectivity index (χ4v) is 3.63. The number of carbonyl (C=O) groups is 1. The van der Waals surface area contributed by atoms with E-state index in [0.29, 0.717) is 24.6 Å². The summed E-state index contributed by atoms with van der Waals surface area (Å²) in [5.41, 5.74) is 2.34. The molecule has 0 spiro atoms. The predicted molar refractivity (Wildman–Crippen MR) is 109 cm³/mol. The monoisotopic (exact) mass is 434 g/mol. The van der Waals surface area contributed by atoms with E-state index in [9.17, 15) is 4.79 Å². The highest BCUT2D eigenvalue weighted by molar-refractivity contribution is 9.10. The molecular weight excluding hydrogens is 408 g/mol. The summed E-state index contributed by atoms with van der Waals surface area (Å²) >= 11 is 3.43. The van der Waals surface area contributed by atoms with Gasteiger partial charge in [-0.25, -0.2) is 4.68 Å². The lowest BCUT2D eigenvalue weighted by Gasteiger charge is -2.33. The number of amides is 1. The van der Waals surface area contributed by atoms with Crippen LogP contribution in [-0.4, -0.2) is 59.5 Å². The molecule has 6 nitrogen and oxygen atoms in total. The molecule has 2 heterocycles. The van der Waals surface area contributed by atoms with Gasteiger partial charge in [0.25, 0.3) is 5.91 Å². The van der Waals surface area contributed by atoms with Crippen LogP contribution in [0.4, 0.5) is 0 Å². The van der Waals surface area contributed by atoms with Crippen molar-refractivity contribution in [1.29, 1.82) is 0 Å². The van der Waals surface area contributed by atoms with Crippen LogP contribution in [-0.2, 0) is 4.74 Å². The third kappa shape index (κ3) is 5.18. The Hall–Kier alpha value is -1.70. The summed E-state index contributed by atoms with van der Waals surface area (Å²) in [7, 11) is 0. The van der Waals surface area contributed by atoms with Gasteiger partial charge in [0, 0.05) is 30.7 Å². The Bertz CT molecular complexity index is 773. The van der Waals surface area contributed by atoms with Crippen LogP contribution in [0.2, 0.25) is 0 Å². The summed E-state index contributed by atoms with van der Waals surface area (Å²) in [6.07, 6.45) is 1.66. The smallest absolute Gasteiger partial charge is 0.254 e. The van der Waals surface area contributed by atoms with Crippen molar-refractivity contribution in [3.63, 3.8) is 0 Å². The second kappa shape index (κ2) is 8.99. The number of ether oxygens (including phenoxy) is 1. The first-order valence-electron chi connectivity index (χ1n) is 9.36. The van der Waals surface area contributed by atoms with Crippen molar-refractivity contribution in [1.82, 2.24) is 20.0 Å². The highest BCUT2D eigenvalue weighted by Gasteiger charge is 2.22. The third-order valence-electron chi connectivity index (χ3n) is 4.66. The molecule has 0 bridgehead atoms. The summed E-state index contributed by atoms with van der Waals surface area (Å²) < 4.78 is 8.60. The van der Waals surface area contributed by atoms with Crippen LogP contribution >= 0.6 is 15.9 Å². The molecule has 27 heavy (non-hydrogen) atoms. The number of benzene rings is 1. The molecule has 1 aromatic heterocycles. The molecule has 1 N–H and O–H groups in total. The third-order valence-corrected chi connectivity index (χ3v) is 5.19. The molecule has 1 saturated heterocycles. The lowest BCUT2D eigenvalue weighted by atomic mass is 10.1.